The highest BCUT2D eigenvalue weighted by molar-refractivity contribution is 5.92. The standard InChI is InChI=1S/C25H35N3O2/c1-18(2)20-5-7-21(8-6-20)25(19(3)4)26-17-24(29)27-22-9-11-23(12-10-22)28-13-15-30-16-14-28/h5-12,18-19,25-26H,13-17H2,1-4H3,(H,27,29)/t25-/m1/s1. The van der Waals surface area contributed by atoms with Crippen LogP contribution in [-0.2, 0) is 9.53 Å². The van der Waals surface area contributed by atoms with E-state index < -0.39 is 0 Å². The molecule has 1 atom stereocenters. The number of rotatable bonds is 8. The van der Waals surface area contributed by atoms with Crippen LogP contribution in [0.5, 0.6) is 0 Å². The van der Waals surface area contributed by atoms with Gasteiger partial charge in [-0.2, -0.15) is 0 Å². The van der Waals surface area contributed by atoms with Crippen molar-refractivity contribution in [1.82, 2.24) is 5.32 Å². The van der Waals surface area contributed by atoms with Crippen LogP contribution in [0.3, 0.4) is 0 Å². The molecular weight excluding hydrogens is 374 g/mol. The fraction of sp³-hybridized carbons (Fsp3) is 0.480. The molecule has 0 spiro atoms. The predicted molar refractivity (Wildman–Crippen MR) is 124 cm³/mol. The number of ether oxygens (including phenoxy) is 1. The zero-order chi connectivity index (χ0) is 21.5. The topological polar surface area (TPSA) is 53.6 Å². The molecule has 0 radical (unpaired) electrons. The van der Waals surface area contributed by atoms with E-state index in [2.05, 4.69) is 79.6 Å². The number of carbonyl (C=O) groups is 1. The van der Waals surface area contributed by atoms with E-state index in [1.807, 2.05) is 12.1 Å². The number of carbonyl (C=O) groups excluding carboxylic acids is 1. The summed E-state index contributed by atoms with van der Waals surface area (Å²) in [6, 6.07) is 16.9. The second-order valence-electron chi connectivity index (χ2n) is 8.62. The van der Waals surface area contributed by atoms with Gasteiger partial charge in [-0.05, 0) is 47.2 Å². The van der Waals surface area contributed by atoms with E-state index in [0.717, 1.165) is 32.0 Å². The molecule has 2 aromatic rings. The van der Waals surface area contributed by atoms with Crippen molar-refractivity contribution < 1.29 is 9.53 Å². The number of amides is 1. The molecule has 3 rings (SSSR count). The summed E-state index contributed by atoms with van der Waals surface area (Å²) in [7, 11) is 0. The smallest absolute Gasteiger partial charge is 0.238 e. The molecule has 1 fully saturated rings. The van der Waals surface area contributed by atoms with Crippen LogP contribution < -0.4 is 15.5 Å². The van der Waals surface area contributed by atoms with Gasteiger partial charge >= 0.3 is 0 Å². The first-order chi connectivity index (χ1) is 14.4. The van der Waals surface area contributed by atoms with Gasteiger partial charge < -0.3 is 20.3 Å². The van der Waals surface area contributed by atoms with Gasteiger partial charge in [0.2, 0.25) is 5.91 Å². The lowest BCUT2D eigenvalue weighted by atomic mass is 9.93. The lowest BCUT2D eigenvalue weighted by molar-refractivity contribution is -0.115. The van der Waals surface area contributed by atoms with Gasteiger partial charge in [0.1, 0.15) is 0 Å². The average Bonchev–Trinajstić information content (AvgIpc) is 2.75. The summed E-state index contributed by atoms with van der Waals surface area (Å²) in [4.78, 5) is 14.8. The molecule has 5 heteroatoms. The average molecular weight is 410 g/mol. The highest BCUT2D eigenvalue weighted by atomic mass is 16.5. The molecule has 162 valence electrons. The summed E-state index contributed by atoms with van der Waals surface area (Å²) in [6.07, 6.45) is 0. The number of hydrogen-bond donors (Lipinski definition) is 2. The van der Waals surface area contributed by atoms with Crippen molar-refractivity contribution >= 4 is 17.3 Å². The van der Waals surface area contributed by atoms with E-state index in [4.69, 9.17) is 4.74 Å². The zero-order valence-electron chi connectivity index (χ0n) is 18.7. The predicted octanol–water partition coefficient (Wildman–Crippen LogP) is 4.57. The van der Waals surface area contributed by atoms with E-state index in [1.165, 1.54) is 16.8 Å². The minimum Gasteiger partial charge on any atom is -0.378 e. The number of benzene rings is 2. The van der Waals surface area contributed by atoms with Crippen molar-refractivity contribution in [2.45, 2.75) is 39.7 Å². The molecule has 0 bridgehead atoms. The van der Waals surface area contributed by atoms with Crippen molar-refractivity contribution in [3.05, 3.63) is 59.7 Å². The van der Waals surface area contributed by atoms with Crippen molar-refractivity contribution in [1.29, 1.82) is 0 Å². The number of anilines is 2. The van der Waals surface area contributed by atoms with Gasteiger partial charge in [-0.3, -0.25) is 4.79 Å². The highest BCUT2D eigenvalue weighted by Gasteiger charge is 2.17. The summed E-state index contributed by atoms with van der Waals surface area (Å²) in [6.45, 7) is 12.4. The van der Waals surface area contributed by atoms with Crippen LogP contribution in [0.15, 0.2) is 48.5 Å². The molecule has 0 unspecified atom stereocenters. The summed E-state index contributed by atoms with van der Waals surface area (Å²) in [5.41, 5.74) is 4.54. The molecule has 1 heterocycles. The Kier molecular flexibility index (Phi) is 7.88. The Morgan fingerprint density at radius 3 is 2.10 bits per heavy atom. The van der Waals surface area contributed by atoms with Gasteiger partial charge in [0.15, 0.2) is 0 Å². The number of nitrogens with one attached hydrogen (secondary N) is 2. The lowest BCUT2D eigenvalue weighted by Crippen LogP contribution is -2.36. The van der Waals surface area contributed by atoms with Gasteiger partial charge in [0.25, 0.3) is 0 Å². The Morgan fingerprint density at radius 1 is 0.933 bits per heavy atom. The first kappa shape index (κ1) is 22.3. The van der Waals surface area contributed by atoms with E-state index in [9.17, 15) is 4.79 Å². The first-order valence-corrected chi connectivity index (χ1v) is 11.0. The summed E-state index contributed by atoms with van der Waals surface area (Å²) in [5.74, 6) is 0.874. The Balaban J connectivity index is 1.54. The molecule has 2 N–H and O–H groups in total. The molecule has 0 saturated carbocycles. The largest absolute Gasteiger partial charge is 0.378 e. The molecule has 0 aliphatic carbocycles. The van der Waals surface area contributed by atoms with Crippen molar-refractivity contribution in [3.8, 4) is 0 Å². The maximum Gasteiger partial charge on any atom is 0.238 e. The fourth-order valence-corrected chi connectivity index (χ4v) is 3.81. The fourth-order valence-electron chi connectivity index (χ4n) is 3.81. The van der Waals surface area contributed by atoms with Crippen LogP contribution in [0, 0.1) is 5.92 Å². The molecule has 0 aromatic heterocycles. The Morgan fingerprint density at radius 2 is 1.53 bits per heavy atom. The SMILES string of the molecule is CC(C)c1ccc([C@H](NCC(=O)Nc2ccc(N3CCOCC3)cc2)C(C)C)cc1. The summed E-state index contributed by atoms with van der Waals surface area (Å²) < 4.78 is 5.40. The van der Waals surface area contributed by atoms with E-state index in [0.29, 0.717) is 11.8 Å². The molecule has 5 nitrogen and oxygen atoms in total. The third-order valence-corrected chi connectivity index (χ3v) is 5.64. The third kappa shape index (κ3) is 6.07. The zero-order valence-corrected chi connectivity index (χ0v) is 18.7. The quantitative estimate of drug-likeness (QED) is 0.670. The Hall–Kier alpha value is -2.37. The van der Waals surface area contributed by atoms with Crippen LogP contribution in [0.1, 0.15) is 50.8 Å². The monoisotopic (exact) mass is 409 g/mol. The molecule has 30 heavy (non-hydrogen) atoms. The molecule has 1 aliphatic rings. The number of hydrogen-bond acceptors (Lipinski definition) is 4. The Bertz CT molecular complexity index is 794. The summed E-state index contributed by atoms with van der Waals surface area (Å²) >= 11 is 0. The minimum absolute atomic E-state index is 0.0291. The van der Waals surface area contributed by atoms with Gasteiger partial charge in [-0.25, -0.2) is 0 Å². The lowest BCUT2D eigenvalue weighted by Gasteiger charge is -2.29. The second kappa shape index (κ2) is 10.6. The minimum atomic E-state index is -0.0291. The van der Waals surface area contributed by atoms with E-state index in [1.54, 1.807) is 0 Å². The van der Waals surface area contributed by atoms with Crippen LogP contribution in [-0.4, -0.2) is 38.8 Å². The maximum absolute atomic E-state index is 12.5. The maximum atomic E-state index is 12.5. The molecule has 1 aliphatic heterocycles. The third-order valence-electron chi connectivity index (χ3n) is 5.64. The molecular formula is C25H35N3O2. The van der Waals surface area contributed by atoms with Crippen LogP contribution in [0.4, 0.5) is 11.4 Å². The van der Waals surface area contributed by atoms with Crippen LogP contribution >= 0.6 is 0 Å². The van der Waals surface area contributed by atoms with Gasteiger partial charge in [0, 0.05) is 30.5 Å². The first-order valence-electron chi connectivity index (χ1n) is 11.0. The molecule has 2 aromatic carbocycles. The van der Waals surface area contributed by atoms with E-state index >= 15 is 0 Å². The van der Waals surface area contributed by atoms with Gasteiger partial charge in [-0.1, -0.05) is 52.0 Å². The van der Waals surface area contributed by atoms with Crippen molar-refractivity contribution in [2.24, 2.45) is 5.92 Å². The molecule has 1 amide bonds. The Labute approximate surface area is 180 Å². The van der Waals surface area contributed by atoms with Gasteiger partial charge in [-0.15, -0.1) is 0 Å². The van der Waals surface area contributed by atoms with Gasteiger partial charge in [0.05, 0.1) is 19.8 Å². The number of morpholine rings is 1. The summed E-state index contributed by atoms with van der Waals surface area (Å²) in [5, 5.41) is 6.43. The van der Waals surface area contributed by atoms with Crippen LogP contribution in [0.25, 0.3) is 0 Å². The van der Waals surface area contributed by atoms with Crippen LogP contribution in [0.2, 0.25) is 0 Å². The normalized spacial score (nSPS) is 15.5. The molecule has 1 saturated heterocycles. The number of nitrogens with zero attached hydrogens (tertiary/aromatic N) is 1. The van der Waals surface area contributed by atoms with E-state index in [-0.39, 0.29) is 18.5 Å². The highest BCUT2D eigenvalue weighted by Crippen LogP contribution is 2.24. The van der Waals surface area contributed by atoms with Crippen molar-refractivity contribution in [3.63, 3.8) is 0 Å². The van der Waals surface area contributed by atoms with Crippen molar-refractivity contribution in [2.75, 3.05) is 43.1 Å². The second-order valence-corrected chi connectivity index (χ2v) is 8.62.